The second-order valence-corrected chi connectivity index (χ2v) is 8.58. The van der Waals surface area contributed by atoms with Crippen LogP contribution in [0.2, 0.25) is 0 Å². The molecule has 0 aliphatic heterocycles. The molecule has 1 aliphatic carbocycles. The average molecular weight is 505 g/mol. The number of ether oxygens (including phenoxy) is 2. The third-order valence-corrected chi connectivity index (χ3v) is 6.07. The van der Waals surface area contributed by atoms with Gasteiger partial charge in [-0.1, -0.05) is 6.07 Å². The molecule has 2 unspecified atom stereocenters. The Morgan fingerprint density at radius 1 is 1.17 bits per heavy atom. The minimum absolute atomic E-state index is 0.126. The standard InChI is InChI=1S/C24H26F3N5O4/c1-28-22(34)20-17-7-6-13(9-19(17)31-32-20)14-8-18(23(35-2)29-11-14)21(33)30-15-4-3-5-16(10-15)36-12-24(25,26)27/h6-9,11,15-16H,3-5,10,12H2,1-2H3,(H,28,34)(H,30,33)(H,31,32). The molecule has 12 heteroatoms. The smallest absolute Gasteiger partial charge is 0.411 e. The topological polar surface area (TPSA) is 118 Å². The lowest BCUT2D eigenvalue weighted by Gasteiger charge is -2.30. The number of rotatable bonds is 7. The molecule has 9 nitrogen and oxygen atoms in total. The van der Waals surface area contributed by atoms with E-state index in [1.54, 1.807) is 30.5 Å². The van der Waals surface area contributed by atoms with Crippen molar-refractivity contribution in [3.8, 4) is 17.0 Å². The molecule has 2 atom stereocenters. The molecule has 1 fully saturated rings. The second kappa shape index (κ2) is 10.5. The van der Waals surface area contributed by atoms with Crippen LogP contribution in [-0.4, -0.2) is 66.1 Å². The predicted octanol–water partition coefficient (Wildman–Crippen LogP) is 3.61. The number of amides is 2. The van der Waals surface area contributed by atoms with Crippen LogP contribution in [0.3, 0.4) is 0 Å². The summed E-state index contributed by atoms with van der Waals surface area (Å²) in [4.78, 5) is 29.4. The molecular formula is C24H26F3N5O4. The summed E-state index contributed by atoms with van der Waals surface area (Å²) in [6, 6.07) is 6.65. The Bertz CT molecular complexity index is 1260. The second-order valence-electron chi connectivity index (χ2n) is 8.58. The average Bonchev–Trinajstić information content (AvgIpc) is 3.30. The third kappa shape index (κ3) is 5.76. The molecule has 3 N–H and O–H groups in total. The number of carbonyl (C=O) groups is 2. The first kappa shape index (κ1) is 25.4. The van der Waals surface area contributed by atoms with Crippen LogP contribution in [0.25, 0.3) is 22.0 Å². The molecule has 192 valence electrons. The molecule has 1 saturated carbocycles. The quantitative estimate of drug-likeness (QED) is 0.452. The zero-order chi connectivity index (χ0) is 25.9. The van der Waals surface area contributed by atoms with Gasteiger partial charge in [0.05, 0.1) is 18.7 Å². The summed E-state index contributed by atoms with van der Waals surface area (Å²) < 4.78 is 47.8. The lowest BCUT2D eigenvalue weighted by atomic mass is 9.92. The Balaban J connectivity index is 1.52. The van der Waals surface area contributed by atoms with Gasteiger partial charge >= 0.3 is 6.18 Å². The number of methoxy groups -OCH3 is 1. The maximum atomic E-state index is 13.1. The van der Waals surface area contributed by atoms with E-state index in [0.29, 0.717) is 42.1 Å². The molecule has 0 bridgehead atoms. The SMILES string of the molecule is CNC(=O)c1n[nH]c2cc(-c3cnc(OC)c(C(=O)NC4CCCC(OCC(F)(F)F)C4)c3)ccc12. The van der Waals surface area contributed by atoms with Crippen molar-refractivity contribution in [1.29, 1.82) is 0 Å². The monoisotopic (exact) mass is 505 g/mol. The Labute approximate surface area is 204 Å². The van der Waals surface area contributed by atoms with Gasteiger partial charge in [-0.05, 0) is 49.4 Å². The van der Waals surface area contributed by atoms with Crippen molar-refractivity contribution in [2.75, 3.05) is 20.8 Å². The van der Waals surface area contributed by atoms with E-state index < -0.39 is 24.8 Å². The molecule has 2 amide bonds. The molecule has 1 aliphatic rings. The highest BCUT2D eigenvalue weighted by Crippen LogP contribution is 2.29. The molecule has 2 aromatic heterocycles. The number of pyridine rings is 1. The third-order valence-electron chi connectivity index (χ3n) is 6.07. The first-order chi connectivity index (χ1) is 17.2. The molecular weight excluding hydrogens is 479 g/mol. The van der Waals surface area contributed by atoms with E-state index in [4.69, 9.17) is 9.47 Å². The van der Waals surface area contributed by atoms with E-state index in [0.717, 1.165) is 5.56 Å². The number of nitrogens with one attached hydrogen (secondary N) is 3. The predicted molar refractivity (Wildman–Crippen MR) is 125 cm³/mol. The molecule has 3 aromatic rings. The number of nitrogens with zero attached hydrogens (tertiary/aromatic N) is 2. The Kier molecular flexibility index (Phi) is 7.43. The summed E-state index contributed by atoms with van der Waals surface area (Å²) in [5.41, 5.74) is 2.48. The van der Waals surface area contributed by atoms with Crippen LogP contribution >= 0.6 is 0 Å². The number of alkyl halides is 3. The normalized spacial score (nSPS) is 18.1. The molecule has 1 aromatic carbocycles. The van der Waals surface area contributed by atoms with E-state index >= 15 is 0 Å². The fraction of sp³-hybridized carbons (Fsp3) is 0.417. The van der Waals surface area contributed by atoms with Crippen molar-refractivity contribution < 1.29 is 32.2 Å². The van der Waals surface area contributed by atoms with Gasteiger partial charge in [0.25, 0.3) is 11.8 Å². The highest BCUT2D eigenvalue weighted by atomic mass is 19.4. The summed E-state index contributed by atoms with van der Waals surface area (Å²) >= 11 is 0. The Hall–Kier alpha value is -3.67. The van der Waals surface area contributed by atoms with Gasteiger partial charge in [0, 0.05) is 30.2 Å². The number of fused-ring (bicyclic) bond motifs is 1. The number of aromatic amines is 1. The summed E-state index contributed by atoms with van der Waals surface area (Å²) in [5.74, 6) is -0.624. The van der Waals surface area contributed by atoms with Crippen molar-refractivity contribution >= 4 is 22.7 Å². The van der Waals surface area contributed by atoms with Crippen LogP contribution in [0.15, 0.2) is 30.5 Å². The number of halogens is 3. The number of hydrogen-bond acceptors (Lipinski definition) is 6. The van der Waals surface area contributed by atoms with Crippen LogP contribution in [0.1, 0.15) is 46.5 Å². The van der Waals surface area contributed by atoms with Crippen LogP contribution < -0.4 is 15.4 Å². The van der Waals surface area contributed by atoms with Gasteiger partial charge in [0.1, 0.15) is 12.2 Å². The molecule has 0 spiro atoms. The largest absolute Gasteiger partial charge is 0.480 e. The van der Waals surface area contributed by atoms with E-state index in [1.165, 1.54) is 14.2 Å². The minimum Gasteiger partial charge on any atom is -0.480 e. The summed E-state index contributed by atoms with van der Waals surface area (Å²) in [6.07, 6.45) is -1.31. The van der Waals surface area contributed by atoms with Gasteiger partial charge in [-0.2, -0.15) is 18.3 Å². The highest BCUT2D eigenvalue weighted by molar-refractivity contribution is 6.05. The van der Waals surface area contributed by atoms with E-state index in [1.807, 2.05) is 0 Å². The number of hydrogen-bond donors (Lipinski definition) is 3. The molecule has 4 rings (SSSR count). The first-order valence-corrected chi connectivity index (χ1v) is 11.4. The van der Waals surface area contributed by atoms with Crippen molar-refractivity contribution in [3.63, 3.8) is 0 Å². The van der Waals surface area contributed by atoms with E-state index in [2.05, 4.69) is 25.8 Å². The lowest BCUT2D eigenvalue weighted by Crippen LogP contribution is -2.41. The number of H-pyrrole nitrogens is 1. The van der Waals surface area contributed by atoms with Gasteiger partial charge in [-0.25, -0.2) is 4.98 Å². The number of benzene rings is 1. The van der Waals surface area contributed by atoms with Crippen LogP contribution in [-0.2, 0) is 4.74 Å². The van der Waals surface area contributed by atoms with E-state index in [9.17, 15) is 22.8 Å². The van der Waals surface area contributed by atoms with E-state index in [-0.39, 0.29) is 29.1 Å². The molecule has 2 heterocycles. The fourth-order valence-electron chi connectivity index (χ4n) is 4.33. The van der Waals surface area contributed by atoms with Crippen molar-refractivity contribution in [2.24, 2.45) is 0 Å². The minimum atomic E-state index is -4.39. The van der Waals surface area contributed by atoms with Crippen molar-refractivity contribution in [3.05, 3.63) is 41.7 Å². The van der Waals surface area contributed by atoms with Gasteiger partial charge in [0.15, 0.2) is 5.69 Å². The summed E-state index contributed by atoms with van der Waals surface area (Å²) in [7, 11) is 2.92. The van der Waals surface area contributed by atoms with Gasteiger partial charge in [-0.15, -0.1) is 0 Å². The summed E-state index contributed by atoms with van der Waals surface area (Å²) in [6.45, 7) is -1.30. The van der Waals surface area contributed by atoms with Crippen LogP contribution in [0.4, 0.5) is 13.2 Å². The lowest BCUT2D eigenvalue weighted by molar-refractivity contribution is -0.188. The Morgan fingerprint density at radius 3 is 2.69 bits per heavy atom. The molecule has 36 heavy (non-hydrogen) atoms. The van der Waals surface area contributed by atoms with Crippen LogP contribution in [0.5, 0.6) is 5.88 Å². The van der Waals surface area contributed by atoms with Crippen molar-refractivity contribution in [1.82, 2.24) is 25.8 Å². The van der Waals surface area contributed by atoms with Gasteiger partial charge in [-0.3, -0.25) is 14.7 Å². The highest BCUT2D eigenvalue weighted by Gasteiger charge is 2.32. The number of carbonyl (C=O) groups excluding carboxylic acids is 2. The molecule has 0 radical (unpaired) electrons. The van der Waals surface area contributed by atoms with Gasteiger partial charge in [0.2, 0.25) is 5.88 Å². The zero-order valence-electron chi connectivity index (χ0n) is 19.7. The van der Waals surface area contributed by atoms with Crippen molar-refractivity contribution in [2.45, 2.75) is 44.0 Å². The maximum Gasteiger partial charge on any atom is 0.411 e. The zero-order valence-corrected chi connectivity index (χ0v) is 19.7. The van der Waals surface area contributed by atoms with Gasteiger partial charge < -0.3 is 20.1 Å². The summed E-state index contributed by atoms with van der Waals surface area (Å²) in [5, 5.41) is 13.0. The Morgan fingerprint density at radius 2 is 1.97 bits per heavy atom. The first-order valence-electron chi connectivity index (χ1n) is 11.4. The maximum absolute atomic E-state index is 13.1. The molecule has 0 saturated heterocycles. The fourth-order valence-corrected chi connectivity index (χ4v) is 4.33. The number of aromatic nitrogens is 3. The van der Waals surface area contributed by atoms with Crippen LogP contribution in [0, 0.1) is 0 Å².